The summed E-state index contributed by atoms with van der Waals surface area (Å²) in [6.45, 7) is 2.47. The molecule has 0 aromatic carbocycles. The van der Waals surface area contributed by atoms with Crippen molar-refractivity contribution < 1.29 is 4.79 Å². The van der Waals surface area contributed by atoms with Gasteiger partial charge in [-0.25, -0.2) is 4.98 Å². The summed E-state index contributed by atoms with van der Waals surface area (Å²) in [5.41, 5.74) is 0. The quantitative estimate of drug-likeness (QED) is 0.827. The minimum atomic E-state index is 0.249. The molecule has 2 rings (SSSR count). The van der Waals surface area contributed by atoms with Gasteiger partial charge in [-0.15, -0.1) is 0 Å². The van der Waals surface area contributed by atoms with Gasteiger partial charge in [0, 0.05) is 44.5 Å². The molecule has 5 nitrogen and oxygen atoms in total. The first-order valence-corrected chi connectivity index (χ1v) is 6.20. The highest BCUT2D eigenvalue weighted by atomic mass is 16.2. The van der Waals surface area contributed by atoms with Crippen molar-refractivity contribution in [2.75, 3.05) is 20.1 Å². The van der Waals surface area contributed by atoms with E-state index in [0.717, 1.165) is 26.1 Å². The van der Waals surface area contributed by atoms with E-state index in [9.17, 15) is 4.79 Å². The van der Waals surface area contributed by atoms with E-state index < -0.39 is 0 Å². The number of hydrogen-bond donors (Lipinski definition) is 1. The fraction of sp³-hybridized carbons (Fsp3) is 0.667. The van der Waals surface area contributed by atoms with Crippen LogP contribution in [0, 0.1) is 0 Å². The molecule has 0 unspecified atom stereocenters. The van der Waals surface area contributed by atoms with Crippen molar-refractivity contribution in [2.24, 2.45) is 0 Å². The van der Waals surface area contributed by atoms with Crippen LogP contribution in [0.1, 0.15) is 19.3 Å². The van der Waals surface area contributed by atoms with Gasteiger partial charge in [0.1, 0.15) is 0 Å². The van der Waals surface area contributed by atoms with Crippen molar-refractivity contribution in [3.63, 3.8) is 0 Å². The number of likely N-dealkylation sites (N-methyl/N-ethyl adjacent to an activating group) is 1. The molecule has 1 aliphatic rings. The molecule has 1 aliphatic heterocycles. The standard InChI is InChI=1S/C12H20N4O/c1-13-11-3-2-6-16(9-11)12(17)4-7-15-8-5-14-10-15/h5,8,10-11,13H,2-4,6-7,9H2,1H3/t11-/m1/s1. The number of nitrogens with one attached hydrogen (secondary N) is 1. The highest BCUT2D eigenvalue weighted by Crippen LogP contribution is 2.11. The van der Waals surface area contributed by atoms with Crippen LogP contribution in [0.2, 0.25) is 0 Å². The third-order valence-corrected chi connectivity index (χ3v) is 3.33. The molecule has 17 heavy (non-hydrogen) atoms. The molecule has 1 aromatic heterocycles. The summed E-state index contributed by atoms with van der Waals surface area (Å²) in [6, 6.07) is 0.459. The maximum absolute atomic E-state index is 12.0. The van der Waals surface area contributed by atoms with Gasteiger partial charge in [0.05, 0.1) is 6.33 Å². The van der Waals surface area contributed by atoms with E-state index in [2.05, 4.69) is 10.3 Å². The second-order valence-electron chi connectivity index (χ2n) is 4.52. The maximum Gasteiger partial charge on any atom is 0.224 e. The smallest absolute Gasteiger partial charge is 0.224 e. The van der Waals surface area contributed by atoms with Crippen molar-refractivity contribution >= 4 is 5.91 Å². The Balaban J connectivity index is 1.79. The highest BCUT2D eigenvalue weighted by molar-refractivity contribution is 5.76. The first kappa shape index (κ1) is 12.1. The fourth-order valence-electron chi connectivity index (χ4n) is 2.24. The summed E-state index contributed by atoms with van der Waals surface area (Å²) in [6.07, 6.45) is 8.21. The predicted octanol–water partition coefficient (Wildman–Crippen LogP) is 0.484. The first-order valence-electron chi connectivity index (χ1n) is 6.20. The van der Waals surface area contributed by atoms with Crippen LogP contribution in [-0.2, 0) is 11.3 Å². The third kappa shape index (κ3) is 3.30. The summed E-state index contributed by atoms with van der Waals surface area (Å²) in [5.74, 6) is 0.249. The molecular weight excluding hydrogens is 216 g/mol. The van der Waals surface area contributed by atoms with Crippen molar-refractivity contribution in [1.29, 1.82) is 0 Å². The predicted molar refractivity (Wildman–Crippen MR) is 65.5 cm³/mol. The number of likely N-dealkylation sites (tertiary alicyclic amines) is 1. The number of hydrogen-bond acceptors (Lipinski definition) is 3. The van der Waals surface area contributed by atoms with Gasteiger partial charge in [0.15, 0.2) is 0 Å². The summed E-state index contributed by atoms with van der Waals surface area (Å²) in [7, 11) is 1.96. The number of carbonyl (C=O) groups is 1. The van der Waals surface area contributed by atoms with Crippen LogP contribution in [0.3, 0.4) is 0 Å². The highest BCUT2D eigenvalue weighted by Gasteiger charge is 2.21. The Morgan fingerprint density at radius 3 is 3.18 bits per heavy atom. The van der Waals surface area contributed by atoms with Crippen molar-refractivity contribution in [1.82, 2.24) is 19.8 Å². The van der Waals surface area contributed by atoms with Gasteiger partial charge in [-0.1, -0.05) is 0 Å². The summed E-state index contributed by atoms with van der Waals surface area (Å²) in [4.78, 5) is 18.0. The number of amides is 1. The number of nitrogens with zero attached hydrogens (tertiary/aromatic N) is 3. The SMILES string of the molecule is CN[C@@H]1CCCN(C(=O)CCn2ccnc2)C1. The second kappa shape index (κ2) is 5.82. The lowest BCUT2D eigenvalue weighted by Gasteiger charge is -2.32. The van der Waals surface area contributed by atoms with E-state index in [4.69, 9.17) is 0 Å². The van der Waals surface area contributed by atoms with Gasteiger partial charge < -0.3 is 14.8 Å². The minimum absolute atomic E-state index is 0.249. The lowest BCUT2D eigenvalue weighted by molar-refractivity contribution is -0.132. The molecule has 1 amide bonds. The molecule has 0 radical (unpaired) electrons. The van der Waals surface area contributed by atoms with Crippen LogP contribution in [0.5, 0.6) is 0 Å². The van der Waals surface area contributed by atoms with Gasteiger partial charge in [-0.3, -0.25) is 4.79 Å². The second-order valence-corrected chi connectivity index (χ2v) is 4.52. The Bertz CT molecular complexity index is 349. The lowest BCUT2D eigenvalue weighted by atomic mass is 10.1. The summed E-state index contributed by atoms with van der Waals surface area (Å²) in [5, 5.41) is 3.25. The lowest BCUT2D eigenvalue weighted by Crippen LogP contribution is -2.47. The molecular formula is C12H20N4O. The van der Waals surface area contributed by atoms with Crippen LogP contribution in [-0.4, -0.2) is 46.5 Å². The number of aryl methyl sites for hydroxylation is 1. The normalized spacial score (nSPS) is 20.5. The van der Waals surface area contributed by atoms with E-state index in [1.807, 2.05) is 22.7 Å². The molecule has 1 fully saturated rings. The molecule has 94 valence electrons. The number of imidazole rings is 1. The van der Waals surface area contributed by atoms with Crippen LogP contribution < -0.4 is 5.32 Å². The molecule has 0 aliphatic carbocycles. The Labute approximate surface area is 102 Å². The monoisotopic (exact) mass is 236 g/mol. The van der Waals surface area contributed by atoms with E-state index in [-0.39, 0.29) is 5.91 Å². The van der Waals surface area contributed by atoms with E-state index >= 15 is 0 Å². The number of aromatic nitrogens is 2. The Kier molecular flexibility index (Phi) is 4.14. The molecule has 1 aromatic rings. The molecule has 5 heteroatoms. The number of carbonyl (C=O) groups excluding carboxylic acids is 1. The van der Waals surface area contributed by atoms with Gasteiger partial charge >= 0.3 is 0 Å². The van der Waals surface area contributed by atoms with Crippen LogP contribution >= 0.6 is 0 Å². The Morgan fingerprint density at radius 1 is 1.59 bits per heavy atom. The zero-order valence-corrected chi connectivity index (χ0v) is 10.3. The molecule has 1 saturated heterocycles. The molecule has 0 bridgehead atoms. The van der Waals surface area contributed by atoms with Crippen LogP contribution in [0.15, 0.2) is 18.7 Å². The third-order valence-electron chi connectivity index (χ3n) is 3.33. The summed E-state index contributed by atoms with van der Waals surface area (Å²) < 4.78 is 1.94. The average Bonchev–Trinajstić information content (AvgIpc) is 2.89. The Hall–Kier alpha value is -1.36. The van der Waals surface area contributed by atoms with Crippen LogP contribution in [0.25, 0.3) is 0 Å². The van der Waals surface area contributed by atoms with E-state index in [0.29, 0.717) is 12.5 Å². The zero-order valence-electron chi connectivity index (χ0n) is 10.3. The molecule has 0 spiro atoms. The first-order chi connectivity index (χ1) is 8.29. The van der Waals surface area contributed by atoms with Crippen molar-refractivity contribution in [3.8, 4) is 0 Å². The van der Waals surface area contributed by atoms with Crippen molar-refractivity contribution in [2.45, 2.75) is 31.8 Å². The van der Waals surface area contributed by atoms with Gasteiger partial charge in [0.25, 0.3) is 0 Å². The maximum atomic E-state index is 12.0. The fourth-order valence-corrected chi connectivity index (χ4v) is 2.24. The van der Waals surface area contributed by atoms with Gasteiger partial charge in [-0.2, -0.15) is 0 Å². The number of piperidine rings is 1. The molecule has 2 heterocycles. The van der Waals surface area contributed by atoms with E-state index in [1.54, 1.807) is 12.5 Å². The molecule has 1 atom stereocenters. The minimum Gasteiger partial charge on any atom is -0.341 e. The molecule has 1 N–H and O–H groups in total. The average molecular weight is 236 g/mol. The van der Waals surface area contributed by atoms with E-state index in [1.165, 1.54) is 6.42 Å². The van der Waals surface area contributed by atoms with Gasteiger partial charge in [-0.05, 0) is 19.9 Å². The zero-order chi connectivity index (χ0) is 12.1. The van der Waals surface area contributed by atoms with Gasteiger partial charge in [0.2, 0.25) is 5.91 Å². The Morgan fingerprint density at radius 2 is 2.47 bits per heavy atom. The summed E-state index contributed by atoms with van der Waals surface area (Å²) >= 11 is 0. The largest absolute Gasteiger partial charge is 0.341 e. The van der Waals surface area contributed by atoms with Crippen LogP contribution in [0.4, 0.5) is 0 Å². The topological polar surface area (TPSA) is 50.2 Å². The molecule has 0 saturated carbocycles. The number of rotatable bonds is 4. The van der Waals surface area contributed by atoms with Crippen molar-refractivity contribution in [3.05, 3.63) is 18.7 Å².